The molecule has 0 aliphatic heterocycles. The summed E-state index contributed by atoms with van der Waals surface area (Å²) >= 11 is 3.07. The van der Waals surface area contributed by atoms with E-state index in [4.69, 9.17) is 9.72 Å². The molecule has 0 radical (unpaired) electrons. The predicted molar refractivity (Wildman–Crippen MR) is 132 cm³/mol. The highest BCUT2D eigenvalue weighted by molar-refractivity contribution is 7.99. The van der Waals surface area contributed by atoms with Crippen LogP contribution in [-0.2, 0) is 5.41 Å². The third-order valence-electron chi connectivity index (χ3n) is 5.09. The largest absolute Gasteiger partial charge is 0.493 e. The lowest BCUT2D eigenvalue weighted by Crippen LogP contribution is -2.11. The van der Waals surface area contributed by atoms with E-state index in [-0.39, 0.29) is 11.0 Å². The molecule has 6 heteroatoms. The number of ether oxygens (including phenoxy) is 1. The summed E-state index contributed by atoms with van der Waals surface area (Å²) in [6, 6.07) is 18.3. The van der Waals surface area contributed by atoms with Gasteiger partial charge in [0.05, 0.1) is 12.0 Å². The van der Waals surface area contributed by atoms with E-state index >= 15 is 0 Å². The Morgan fingerprint density at radius 2 is 1.77 bits per heavy atom. The Hall–Kier alpha value is -2.57. The van der Waals surface area contributed by atoms with Crippen molar-refractivity contribution in [2.24, 2.45) is 0 Å². The Morgan fingerprint density at radius 1 is 1.06 bits per heavy atom. The zero-order valence-electron chi connectivity index (χ0n) is 18.2. The molecule has 0 aliphatic rings. The predicted octanol–water partition coefficient (Wildman–Crippen LogP) is 6.43. The van der Waals surface area contributed by atoms with Gasteiger partial charge in [-0.2, -0.15) is 0 Å². The van der Waals surface area contributed by atoms with Crippen molar-refractivity contribution in [3.8, 4) is 16.9 Å². The number of thiophene rings is 1. The summed E-state index contributed by atoms with van der Waals surface area (Å²) in [6.07, 6.45) is 0. The summed E-state index contributed by atoms with van der Waals surface area (Å²) in [5.41, 5.74) is 3.35. The average molecular weight is 451 g/mol. The number of aromatic amines is 1. The number of hydrogen-bond acceptors (Lipinski definition) is 5. The maximum atomic E-state index is 12.8. The topological polar surface area (TPSA) is 55.0 Å². The molecule has 1 N–H and O–H groups in total. The first-order valence-corrected chi connectivity index (χ1v) is 12.1. The molecule has 0 fully saturated rings. The molecule has 31 heavy (non-hydrogen) atoms. The Kier molecular flexibility index (Phi) is 6.21. The van der Waals surface area contributed by atoms with Gasteiger partial charge in [0.2, 0.25) is 0 Å². The van der Waals surface area contributed by atoms with Gasteiger partial charge in [0, 0.05) is 16.2 Å². The van der Waals surface area contributed by atoms with Gasteiger partial charge in [-0.15, -0.1) is 11.3 Å². The molecule has 2 aromatic heterocycles. The standard InChI is InChI=1S/C25H26N2O2S2/c1-16-20(17-8-6-5-7-9-17)21-22(28)26-24(27-23(21)31-16)30-15-14-29-19-12-10-18(11-13-19)25(2,3)4/h5-13H,14-15H2,1-4H3,(H,26,27,28). The van der Waals surface area contributed by atoms with E-state index in [1.165, 1.54) is 17.3 Å². The van der Waals surface area contributed by atoms with E-state index < -0.39 is 0 Å². The number of benzene rings is 2. The number of thioether (sulfide) groups is 1. The average Bonchev–Trinajstić information content (AvgIpc) is 3.08. The minimum absolute atomic E-state index is 0.0885. The third kappa shape index (κ3) is 4.86. The zero-order valence-corrected chi connectivity index (χ0v) is 19.8. The molecule has 0 atom stereocenters. The van der Waals surface area contributed by atoms with Crippen molar-refractivity contribution in [3.63, 3.8) is 0 Å². The van der Waals surface area contributed by atoms with E-state index in [1.807, 2.05) is 49.4 Å². The Labute approximate surface area is 190 Å². The molecule has 4 rings (SSSR count). The summed E-state index contributed by atoms with van der Waals surface area (Å²) in [7, 11) is 0. The number of fused-ring (bicyclic) bond motifs is 1. The molecule has 4 nitrogen and oxygen atoms in total. The first-order chi connectivity index (χ1) is 14.8. The lowest BCUT2D eigenvalue weighted by Gasteiger charge is -2.19. The number of H-pyrrole nitrogens is 1. The first kappa shape index (κ1) is 21.7. The fourth-order valence-electron chi connectivity index (χ4n) is 3.47. The maximum Gasteiger partial charge on any atom is 0.260 e. The van der Waals surface area contributed by atoms with E-state index in [1.54, 1.807) is 11.3 Å². The highest BCUT2D eigenvalue weighted by atomic mass is 32.2. The van der Waals surface area contributed by atoms with E-state index in [0.29, 0.717) is 22.9 Å². The van der Waals surface area contributed by atoms with Crippen LogP contribution >= 0.6 is 23.1 Å². The van der Waals surface area contributed by atoms with Gasteiger partial charge in [-0.3, -0.25) is 4.79 Å². The van der Waals surface area contributed by atoms with Crippen LogP contribution in [0.4, 0.5) is 0 Å². The van der Waals surface area contributed by atoms with Gasteiger partial charge in [-0.05, 0) is 35.6 Å². The molecule has 0 saturated heterocycles. The van der Waals surface area contributed by atoms with Crippen LogP contribution < -0.4 is 10.3 Å². The van der Waals surface area contributed by atoms with Crippen LogP contribution in [0.5, 0.6) is 5.75 Å². The van der Waals surface area contributed by atoms with Crippen molar-refractivity contribution in [2.45, 2.75) is 38.3 Å². The first-order valence-electron chi connectivity index (χ1n) is 10.3. The molecular formula is C25H26N2O2S2. The number of rotatable bonds is 6. The van der Waals surface area contributed by atoms with Crippen LogP contribution in [0, 0.1) is 6.92 Å². The number of hydrogen-bond donors (Lipinski definition) is 1. The molecule has 0 bridgehead atoms. The molecule has 2 heterocycles. The van der Waals surface area contributed by atoms with Gasteiger partial charge in [0.1, 0.15) is 10.6 Å². The second-order valence-corrected chi connectivity index (χ2v) is 10.7. The summed E-state index contributed by atoms with van der Waals surface area (Å²) in [5, 5.41) is 1.30. The van der Waals surface area contributed by atoms with Gasteiger partial charge < -0.3 is 9.72 Å². The monoisotopic (exact) mass is 450 g/mol. The fraction of sp³-hybridized carbons (Fsp3) is 0.280. The van der Waals surface area contributed by atoms with Crippen LogP contribution in [0.25, 0.3) is 21.3 Å². The molecule has 0 spiro atoms. The molecule has 0 amide bonds. The van der Waals surface area contributed by atoms with Crippen molar-refractivity contribution in [2.75, 3.05) is 12.4 Å². The van der Waals surface area contributed by atoms with E-state index in [2.05, 4.69) is 37.9 Å². The van der Waals surface area contributed by atoms with Crippen molar-refractivity contribution in [1.82, 2.24) is 9.97 Å². The smallest absolute Gasteiger partial charge is 0.260 e. The van der Waals surface area contributed by atoms with Crippen LogP contribution in [0.1, 0.15) is 31.2 Å². The second kappa shape index (κ2) is 8.89. The third-order valence-corrected chi connectivity index (χ3v) is 6.93. The van der Waals surface area contributed by atoms with E-state index in [0.717, 1.165) is 26.6 Å². The Morgan fingerprint density at radius 3 is 2.45 bits per heavy atom. The number of nitrogens with zero attached hydrogens (tertiary/aromatic N) is 1. The van der Waals surface area contributed by atoms with Gasteiger partial charge in [-0.1, -0.05) is 75.0 Å². The molecular weight excluding hydrogens is 424 g/mol. The summed E-state index contributed by atoms with van der Waals surface area (Å²) in [4.78, 5) is 22.4. The van der Waals surface area contributed by atoms with Crippen molar-refractivity contribution >= 4 is 33.3 Å². The number of aromatic nitrogens is 2. The SMILES string of the molecule is Cc1sc2nc(SCCOc3ccc(C(C)(C)C)cc3)[nH]c(=O)c2c1-c1ccccc1. The van der Waals surface area contributed by atoms with Gasteiger partial charge >= 0.3 is 0 Å². The van der Waals surface area contributed by atoms with Gasteiger partial charge in [0.25, 0.3) is 5.56 Å². The normalized spacial score (nSPS) is 11.7. The van der Waals surface area contributed by atoms with Crippen molar-refractivity contribution in [1.29, 1.82) is 0 Å². The summed E-state index contributed by atoms with van der Waals surface area (Å²) in [5.74, 6) is 1.55. The van der Waals surface area contributed by atoms with Crippen molar-refractivity contribution in [3.05, 3.63) is 75.4 Å². The van der Waals surface area contributed by atoms with Crippen molar-refractivity contribution < 1.29 is 4.74 Å². The lowest BCUT2D eigenvalue weighted by molar-refractivity contribution is 0.343. The fourth-order valence-corrected chi connectivity index (χ4v) is 5.25. The van der Waals surface area contributed by atoms with Crippen LogP contribution in [-0.4, -0.2) is 22.3 Å². The Bertz CT molecular complexity index is 1240. The van der Waals surface area contributed by atoms with E-state index in [9.17, 15) is 4.79 Å². The summed E-state index contributed by atoms with van der Waals surface area (Å²) < 4.78 is 5.86. The quantitative estimate of drug-likeness (QED) is 0.209. The number of nitrogens with one attached hydrogen (secondary N) is 1. The van der Waals surface area contributed by atoms with Crippen LogP contribution in [0.2, 0.25) is 0 Å². The second-order valence-electron chi connectivity index (χ2n) is 8.42. The van der Waals surface area contributed by atoms with Gasteiger partial charge in [-0.25, -0.2) is 4.98 Å². The molecule has 0 saturated carbocycles. The van der Waals surface area contributed by atoms with Crippen LogP contribution in [0.3, 0.4) is 0 Å². The zero-order chi connectivity index (χ0) is 22.0. The minimum atomic E-state index is -0.0885. The number of aryl methyl sites for hydroxylation is 1. The molecule has 160 valence electrons. The highest BCUT2D eigenvalue weighted by Gasteiger charge is 2.17. The van der Waals surface area contributed by atoms with Crippen LogP contribution in [0.15, 0.2) is 64.5 Å². The summed E-state index contributed by atoms with van der Waals surface area (Å²) in [6.45, 7) is 9.17. The lowest BCUT2D eigenvalue weighted by atomic mass is 9.87. The minimum Gasteiger partial charge on any atom is -0.493 e. The molecule has 0 unspecified atom stereocenters. The highest BCUT2D eigenvalue weighted by Crippen LogP contribution is 2.35. The molecule has 0 aliphatic carbocycles. The molecule has 4 aromatic rings. The van der Waals surface area contributed by atoms with Gasteiger partial charge in [0.15, 0.2) is 5.16 Å². The Balaban J connectivity index is 1.43. The maximum absolute atomic E-state index is 12.8. The molecule has 2 aromatic carbocycles.